The smallest absolute Gasteiger partial charge is 0.410 e. The fourth-order valence-electron chi connectivity index (χ4n) is 2.62. The van der Waals surface area contributed by atoms with Crippen LogP contribution >= 0.6 is 0 Å². The monoisotopic (exact) mass is 341 g/mol. The van der Waals surface area contributed by atoms with E-state index in [1.165, 1.54) is 4.90 Å². The Kier molecular flexibility index (Phi) is 5.13. The minimum atomic E-state index is -0.652. The molecule has 0 aliphatic carbocycles. The number of nitrogens with zero attached hydrogens (tertiary/aromatic N) is 2. The highest BCUT2D eigenvalue weighted by atomic mass is 16.6. The van der Waals surface area contributed by atoms with Gasteiger partial charge in [-0.25, -0.2) is 4.79 Å². The zero-order valence-corrected chi connectivity index (χ0v) is 13.8. The Balaban J connectivity index is 1.65. The maximum absolute atomic E-state index is 12.5. The van der Waals surface area contributed by atoms with Gasteiger partial charge in [-0.3, -0.25) is 14.7 Å². The molecule has 7 heteroatoms. The van der Waals surface area contributed by atoms with E-state index in [-0.39, 0.29) is 19.1 Å². The van der Waals surface area contributed by atoms with Crippen molar-refractivity contribution < 1.29 is 19.1 Å². The quantitative estimate of drug-likeness (QED) is 0.865. The van der Waals surface area contributed by atoms with Crippen molar-refractivity contribution in [1.82, 2.24) is 15.2 Å². The van der Waals surface area contributed by atoms with Crippen molar-refractivity contribution in [3.05, 3.63) is 59.9 Å². The highest BCUT2D eigenvalue weighted by Crippen LogP contribution is 2.20. The maximum Gasteiger partial charge on any atom is 0.410 e. The normalized spacial score (nSPS) is 16.4. The lowest BCUT2D eigenvalue weighted by molar-refractivity contribution is -0.125. The third-order valence-electron chi connectivity index (χ3n) is 3.98. The molecule has 1 atom stereocenters. The summed E-state index contributed by atoms with van der Waals surface area (Å²) in [6.07, 6.45) is 2.84. The number of methoxy groups -OCH3 is 1. The Hall–Kier alpha value is -3.09. The average molecular weight is 341 g/mol. The molecule has 7 nitrogen and oxygen atoms in total. The van der Waals surface area contributed by atoms with Gasteiger partial charge in [-0.1, -0.05) is 12.1 Å². The van der Waals surface area contributed by atoms with Gasteiger partial charge in [0.1, 0.15) is 18.4 Å². The summed E-state index contributed by atoms with van der Waals surface area (Å²) in [7, 11) is 1.58. The number of hydrogen-bond acceptors (Lipinski definition) is 5. The number of benzene rings is 1. The van der Waals surface area contributed by atoms with E-state index in [0.717, 1.165) is 11.1 Å². The van der Waals surface area contributed by atoms with Gasteiger partial charge in [-0.2, -0.15) is 0 Å². The first kappa shape index (κ1) is 16.8. The van der Waals surface area contributed by atoms with Gasteiger partial charge in [0.2, 0.25) is 5.91 Å². The van der Waals surface area contributed by atoms with Gasteiger partial charge in [-0.05, 0) is 35.4 Å². The van der Waals surface area contributed by atoms with Gasteiger partial charge in [-0.15, -0.1) is 0 Å². The van der Waals surface area contributed by atoms with Crippen LogP contribution in [-0.2, 0) is 22.6 Å². The molecule has 0 spiro atoms. The van der Waals surface area contributed by atoms with Crippen LogP contribution in [0.15, 0.2) is 48.8 Å². The zero-order chi connectivity index (χ0) is 17.6. The van der Waals surface area contributed by atoms with Gasteiger partial charge in [0.15, 0.2) is 0 Å². The molecule has 130 valence electrons. The van der Waals surface area contributed by atoms with Crippen molar-refractivity contribution in [1.29, 1.82) is 0 Å². The van der Waals surface area contributed by atoms with Gasteiger partial charge in [0.05, 0.1) is 13.7 Å². The first-order valence-electron chi connectivity index (χ1n) is 7.90. The van der Waals surface area contributed by atoms with Crippen molar-refractivity contribution >= 4 is 12.0 Å². The molecule has 3 rings (SSSR count). The minimum Gasteiger partial charge on any atom is -0.497 e. The summed E-state index contributed by atoms with van der Waals surface area (Å²) in [6, 6.07) is 10.4. The fourth-order valence-corrected chi connectivity index (χ4v) is 2.62. The van der Waals surface area contributed by atoms with Crippen molar-refractivity contribution in [3.63, 3.8) is 0 Å². The fraction of sp³-hybridized carbons (Fsp3) is 0.278. The molecule has 0 saturated carbocycles. The number of carbonyl (C=O) groups excluding carboxylic acids is 2. The van der Waals surface area contributed by atoms with E-state index in [4.69, 9.17) is 9.47 Å². The Labute approximate surface area is 145 Å². The standard InChI is InChI=1S/C18H19N3O4/c1-24-15-4-2-3-14(9-15)11-21-16(12-25-18(21)23)17(22)20-10-13-5-7-19-8-6-13/h2-9,16H,10-12H2,1H3,(H,20,22)/t16-/m0/s1. The van der Waals surface area contributed by atoms with Crippen molar-refractivity contribution in [2.75, 3.05) is 13.7 Å². The molecule has 2 aromatic rings. The van der Waals surface area contributed by atoms with Crippen LogP contribution < -0.4 is 10.1 Å². The first-order chi connectivity index (χ1) is 12.2. The molecular weight excluding hydrogens is 322 g/mol. The highest BCUT2D eigenvalue weighted by Gasteiger charge is 2.37. The highest BCUT2D eigenvalue weighted by molar-refractivity contribution is 5.87. The average Bonchev–Trinajstić information content (AvgIpc) is 3.01. The molecule has 1 aromatic heterocycles. The zero-order valence-electron chi connectivity index (χ0n) is 13.8. The molecule has 1 saturated heterocycles. The molecule has 0 bridgehead atoms. The van der Waals surface area contributed by atoms with E-state index in [0.29, 0.717) is 12.3 Å². The van der Waals surface area contributed by atoms with Crippen LogP contribution in [0.3, 0.4) is 0 Å². The van der Waals surface area contributed by atoms with Crippen LogP contribution in [0.2, 0.25) is 0 Å². The van der Waals surface area contributed by atoms with Crippen LogP contribution in [0.5, 0.6) is 5.75 Å². The van der Waals surface area contributed by atoms with E-state index in [1.54, 1.807) is 19.5 Å². The third-order valence-corrected chi connectivity index (χ3v) is 3.98. The molecular formula is C18H19N3O4. The van der Waals surface area contributed by atoms with Crippen LogP contribution in [0.4, 0.5) is 4.79 Å². The minimum absolute atomic E-state index is 0.0466. The first-order valence-corrected chi connectivity index (χ1v) is 7.90. The lowest BCUT2D eigenvalue weighted by Gasteiger charge is -2.21. The van der Waals surface area contributed by atoms with Crippen LogP contribution in [0.25, 0.3) is 0 Å². The van der Waals surface area contributed by atoms with Crippen LogP contribution in [-0.4, -0.2) is 41.6 Å². The Morgan fingerprint density at radius 3 is 2.88 bits per heavy atom. The van der Waals surface area contributed by atoms with Gasteiger partial charge in [0.25, 0.3) is 0 Å². The Morgan fingerprint density at radius 2 is 2.12 bits per heavy atom. The lowest BCUT2D eigenvalue weighted by Crippen LogP contribution is -2.45. The second kappa shape index (κ2) is 7.65. The van der Waals surface area contributed by atoms with E-state index in [2.05, 4.69) is 10.3 Å². The van der Waals surface area contributed by atoms with Crippen molar-refractivity contribution in [2.45, 2.75) is 19.1 Å². The number of amides is 2. The molecule has 2 heterocycles. The number of rotatable bonds is 6. The molecule has 1 aromatic carbocycles. The summed E-state index contributed by atoms with van der Waals surface area (Å²) < 4.78 is 10.3. The maximum atomic E-state index is 12.5. The summed E-state index contributed by atoms with van der Waals surface area (Å²) in [5, 5.41) is 2.83. The number of carbonyl (C=O) groups is 2. The van der Waals surface area contributed by atoms with Gasteiger partial charge >= 0.3 is 6.09 Å². The molecule has 1 fully saturated rings. The molecule has 0 unspecified atom stereocenters. The summed E-state index contributed by atoms with van der Waals surface area (Å²) in [4.78, 5) is 29.8. The molecule has 0 radical (unpaired) electrons. The van der Waals surface area contributed by atoms with E-state index < -0.39 is 12.1 Å². The van der Waals surface area contributed by atoms with Crippen molar-refractivity contribution in [3.8, 4) is 5.75 Å². The second-order valence-electron chi connectivity index (χ2n) is 5.65. The Bertz CT molecular complexity index is 751. The number of aromatic nitrogens is 1. The lowest BCUT2D eigenvalue weighted by atomic mass is 10.1. The molecule has 1 N–H and O–H groups in total. The molecule has 1 aliphatic rings. The SMILES string of the molecule is COc1cccc(CN2C(=O)OC[C@H]2C(=O)NCc2ccncc2)c1. The summed E-state index contributed by atoms with van der Waals surface area (Å²) in [5.74, 6) is 0.453. The number of ether oxygens (including phenoxy) is 2. The number of pyridine rings is 1. The molecule has 25 heavy (non-hydrogen) atoms. The van der Waals surface area contributed by atoms with Crippen molar-refractivity contribution in [2.24, 2.45) is 0 Å². The second-order valence-corrected chi connectivity index (χ2v) is 5.65. The van der Waals surface area contributed by atoms with Gasteiger partial charge in [0, 0.05) is 18.9 Å². The topological polar surface area (TPSA) is 80.8 Å². The van der Waals surface area contributed by atoms with Gasteiger partial charge < -0.3 is 14.8 Å². The number of hydrogen-bond donors (Lipinski definition) is 1. The van der Waals surface area contributed by atoms with E-state index in [9.17, 15) is 9.59 Å². The van der Waals surface area contributed by atoms with E-state index in [1.807, 2.05) is 36.4 Å². The number of cyclic esters (lactones) is 1. The summed E-state index contributed by atoms with van der Waals surface area (Å²) >= 11 is 0. The predicted molar refractivity (Wildman–Crippen MR) is 89.8 cm³/mol. The molecule has 1 aliphatic heterocycles. The summed E-state index contributed by atoms with van der Waals surface area (Å²) in [5.41, 5.74) is 1.80. The number of nitrogens with one attached hydrogen (secondary N) is 1. The largest absolute Gasteiger partial charge is 0.497 e. The summed E-state index contributed by atoms with van der Waals surface area (Å²) in [6.45, 7) is 0.702. The van der Waals surface area contributed by atoms with E-state index >= 15 is 0 Å². The van der Waals surface area contributed by atoms with Crippen LogP contribution in [0, 0.1) is 0 Å². The third kappa shape index (κ3) is 4.06. The Morgan fingerprint density at radius 1 is 1.32 bits per heavy atom. The molecule has 2 amide bonds. The van der Waals surface area contributed by atoms with Crippen LogP contribution in [0.1, 0.15) is 11.1 Å². The predicted octanol–water partition coefficient (Wildman–Crippen LogP) is 1.73.